The minimum absolute atomic E-state index is 0.127. The van der Waals surface area contributed by atoms with Crippen molar-refractivity contribution < 1.29 is 27.4 Å². The van der Waals surface area contributed by atoms with Crippen molar-refractivity contribution in [2.24, 2.45) is 0 Å². The van der Waals surface area contributed by atoms with Gasteiger partial charge in [-0.15, -0.1) is 0 Å². The molecule has 1 amide bonds. The molecule has 0 aliphatic rings. The Balaban J connectivity index is 1.58. The number of sulfonamides is 1. The summed E-state index contributed by atoms with van der Waals surface area (Å²) in [7, 11) is -0.421. The fourth-order valence-electron chi connectivity index (χ4n) is 3.22. The van der Waals surface area contributed by atoms with E-state index in [0.717, 1.165) is 11.8 Å². The highest BCUT2D eigenvalue weighted by Gasteiger charge is 2.18. The quantitative estimate of drug-likeness (QED) is 0.419. The van der Waals surface area contributed by atoms with Gasteiger partial charge in [-0.25, -0.2) is 8.42 Å². The molecule has 3 aromatic rings. The summed E-state index contributed by atoms with van der Waals surface area (Å²) in [6.07, 6.45) is 1.15. The highest BCUT2D eigenvalue weighted by atomic mass is 32.2. The number of hydrogen-bond acceptors (Lipinski definition) is 6. The fourth-order valence-corrected chi connectivity index (χ4v) is 4.10. The Bertz CT molecular complexity index is 1210. The number of nitrogens with zero attached hydrogens (tertiary/aromatic N) is 1. The number of anilines is 1. The van der Waals surface area contributed by atoms with Crippen LogP contribution in [0.4, 0.5) is 5.69 Å². The van der Waals surface area contributed by atoms with Crippen molar-refractivity contribution in [2.45, 2.75) is 6.54 Å². The molecule has 0 aliphatic carbocycles. The molecule has 0 spiro atoms. The van der Waals surface area contributed by atoms with Crippen LogP contribution in [0.15, 0.2) is 72.8 Å². The van der Waals surface area contributed by atoms with Gasteiger partial charge in [0.25, 0.3) is 5.91 Å². The SMILES string of the molecule is COc1cccc(OCCNC(=O)c2ccc(CN(c3cccc(OC)c3)S(C)(=O)=O)cc2)c1. The molecule has 0 aliphatic heterocycles. The molecule has 0 heterocycles. The number of carbonyl (C=O) groups is 1. The van der Waals surface area contributed by atoms with Gasteiger partial charge in [0.05, 0.1) is 39.3 Å². The molecular weight excluding hydrogens is 456 g/mol. The molecule has 0 atom stereocenters. The lowest BCUT2D eigenvalue weighted by molar-refractivity contribution is 0.0947. The van der Waals surface area contributed by atoms with Gasteiger partial charge in [0.1, 0.15) is 23.9 Å². The van der Waals surface area contributed by atoms with Gasteiger partial charge in [-0.05, 0) is 42.0 Å². The summed E-state index contributed by atoms with van der Waals surface area (Å²) in [6.45, 7) is 0.763. The van der Waals surface area contributed by atoms with Crippen LogP contribution in [0.25, 0.3) is 0 Å². The third-order valence-electron chi connectivity index (χ3n) is 4.98. The van der Waals surface area contributed by atoms with Crippen molar-refractivity contribution >= 4 is 21.6 Å². The van der Waals surface area contributed by atoms with Crippen LogP contribution in [0.2, 0.25) is 0 Å². The van der Waals surface area contributed by atoms with E-state index in [1.54, 1.807) is 61.7 Å². The van der Waals surface area contributed by atoms with Crippen LogP contribution >= 0.6 is 0 Å². The number of amides is 1. The molecule has 0 fully saturated rings. The summed E-state index contributed by atoms with van der Waals surface area (Å²) in [5, 5.41) is 2.81. The minimum atomic E-state index is -3.53. The van der Waals surface area contributed by atoms with Crippen LogP contribution in [-0.2, 0) is 16.6 Å². The number of hydrogen-bond donors (Lipinski definition) is 1. The highest BCUT2D eigenvalue weighted by Crippen LogP contribution is 2.25. The van der Waals surface area contributed by atoms with Crippen molar-refractivity contribution in [3.8, 4) is 17.2 Å². The van der Waals surface area contributed by atoms with Crippen LogP contribution in [-0.4, -0.2) is 48.0 Å². The van der Waals surface area contributed by atoms with E-state index < -0.39 is 10.0 Å². The molecule has 0 aromatic heterocycles. The van der Waals surface area contributed by atoms with Gasteiger partial charge in [-0.3, -0.25) is 9.10 Å². The zero-order valence-corrected chi connectivity index (χ0v) is 20.2. The van der Waals surface area contributed by atoms with E-state index in [4.69, 9.17) is 14.2 Å². The first-order chi connectivity index (χ1) is 16.3. The third kappa shape index (κ3) is 6.89. The van der Waals surface area contributed by atoms with Crippen molar-refractivity contribution in [3.63, 3.8) is 0 Å². The molecule has 0 bridgehead atoms. The van der Waals surface area contributed by atoms with Gasteiger partial charge in [-0.1, -0.05) is 24.3 Å². The first kappa shape index (κ1) is 24.9. The van der Waals surface area contributed by atoms with Crippen molar-refractivity contribution in [2.75, 3.05) is 37.9 Å². The smallest absolute Gasteiger partial charge is 0.251 e. The van der Waals surface area contributed by atoms with Crippen molar-refractivity contribution in [3.05, 3.63) is 83.9 Å². The highest BCUT2D eigenvalue weighted by molar-refractivity contribution is 7.92. The van der Waals surface area contributed by atoms with Gasteiger partial charge in [0.2, 0.25) is 10.0 Å². The van der Waals surface area contributed by atoms with Gasteiger partial charge < -0.3 is 19.5 Å². The predicted molar refractivity (Wildman–Crippen MR) is 131 cm³/mol. The summed E-state index contributed by atoms with van der Waals surface area (Å²) < 4.78 is 42.1. The number of ether oxygens (including phenoxy) is 3. The van der Waals surface area contributed by atoms with Gasteiger partial charge in [0, 0.05) is 17.7 Å². The van der Waals surface area contributed by atoms with E-state index in [1.807, 2.05) is 18.2 Å². The molecule has 9 heteroatoms. The van der Waals surface area contributed by atoms with E-state index in [0.29, 0.717) is 41.7 Å². The molecular formula is C25H28N2O6S. The lowest BCUT2D eigenvalue weighted by Crippen LogP contribution is -2.29. The Morgan fingerprint density at radius 3 is 2.15 bits per heavy atom. The number of benzene rings is 3. The van der Waals surface area contributed by atoms with E-state index in [2.05, 4.69) is 5.32 Å². The zero-order valence-electron chi connectivity index (χ0n) is 19.4. The topological polar surface area (TPSA) is 94.2 Å². The summed E-state index contributed by atoms with van der Waals surface area (Å²) in [4.78, 5) is 12.4. The molecule has 34 heavy (non-hydrogen) atoms. The molecule has 0 unspecified atom stereocenters. The fraction of sp³-hybridized carbons (Fsp3) is 0.240. The molecule has 180 valence electrons. The molecule has 0 saturated carbocycles. The standard InChI is InChI=1S/C25H28N2O6S/c1-31-22-7-4-6-21(16-22)27(34(3,29)30)18-19-10-12-20(13-11-19)25(28)26-14-15-33-24-9-5-8-23(17-24)32-2/h4-13,16-17H,14-15,18H2,1-3H3,(H,26,28). The predicted octanol–water partition coefficient (Wildman–Crippen LogP) is 3.48. The molecule has 1 N–H and O–H groups in total. The van der Waals surface area contributed by atoms with Crippen molar-refractivity contribution in [1.29, 1.82) is 0 Å². The maximum absolute atomic E-state index is 12.4. The average Bonchev–Trinajstić information content (AvgIpc) is 2.85. The van der Waals surface area contributed by atoms with Gasteiger partial charge >= 0.3 is 0 Å². The summed E-state index contributed by atoms with van der Waals surface area (Å²) in [5.74, 6) is 1.67. The van der Waals surface area contributed by atoms with E-state index in [-0.39, 0.29) is 12.5 Å². The Morgan fingerprint density at radius 1 is 0.882 bits per heavy atom. The monoisotopic (exact) mass is 484 g/mol. The van der Waals surface area contributed by atoms with Crippen LogP contribution in [0.1, 0.15) is 15.9 Å². The van der Waals surface area contributed by atoms with Crippen LogP contribution in [0.3, 0.4) is 0 Å². The molecule has 0 radical (unpaired) electrons. The second kappa shape index (κ2) is 11.4. The average molecular weight is 485 g/mol. The zero-order chi connectivity index (χ0) is 24.6. The second-order valence-electron chi connectivity index (χ2n) is 7.45. The number of methoxy groups -OCH3 is 2. The second-order valence-corrected chi connectivity index (χ2v) is 9.36. The maximum Gasteiger partial charge on any atom is 0.251 e. The Morgan fingerprint density at radius 2 is 1.50 bits per heavy atom. The summed E-state index contributed by atoms with van der Waals surface area (Å²) in [5.41, 5.74) is 1.71. The Hall–Kier alpha value is -3.72. The van der Waals surface area contributed by atoms with Crippen LogP contribution in [0.5, 0.6) is 17.2 Å². The molecule has 3 rings (SSSR count). The third-order valence-corrected chi connectivity index (χ3v) is 6.12. The summed E-state index contributed by atoms with van der Waals surface area (Å²) >= 11 is 0. The first-order valence-electron chi connectivity index (χ1n) is 10.6. The molecule has 0 saturated heterocycles. The van der Waals surface area contributed by atoms with Gasteiger partial charge in [-0.2, -0.15) is 0 Å². The van der Waals surface area contributed by atoms with Crippen LogP contribution < -0.4 is 23.8 Å². The normalized spacial score (nSPS) is 10.9. The van der Waals surface area contributed by atoms with Crippen LogP contribution in [0, 0.1) is 0 Å². The number of nitrogens with one attached hydrogen (secondary N) is 1. The van der Waals surface area contributed by atoms with E-state index in [1.165, 1.54) is 11.4 Å². The first-order valence-corrected chi connectivity index (χ1v) is 12.4. The minimum Gasteiger partial charge on any atom is -0.497 e. The molecule has 8 nitrogen and oxygen atoms in total. The summed E-state index contributed by atoms with van der Waals surface area (Å²) in [6, 6.07) is 20.9. The lowest BCUT2D eigenvalue weighted by Gasteiger charge is -2.23. The number of rotatable bonds is 11. The van der Waals surface area contributed by atoms with Gasteiger partial charge in [0.15, 0.2) is 0 Å². The van der Waals surface area contributed by atoms with E-state index >= 15 is 0 Å². The van der Waals surface area contributed by atoms with E-state index in [9.17, 15) is 13.2 Å². The Kier molecular flexibility index (Phi) is 8.37. The maximum atomic E-state index is 12.4. The van der Waals surface area contributed by atoms with Crippen molar-refractivity contribution in [1.82, 2.24) is 5.32 Å². The molecule has 3 aromatic carbocycles. The Labute approximate surface area is 200 Å². The largest absolute Gasteiger partial charge is 0.497 e. The number of carbonyl (C=O) groups excluding carboxylic acids is 1. The lowest BCUT2D eigenvalue weighted by atomic mass is 10.1.